The predicted molar refractivity (Wildman–Crippen MR) is 124 cm³/mol. The van der Waals surface area contributed by atoms with Gasteiger partial charge in [-0.15, -0.1) is 0 Å². The fraction of sp³-hybridized carbons (Fsp3) is 0.409. The molecule has 2 aromatic heterocycles. The lowest BCUT2D eigenvalue weighted by molar-refractivity contribution is -0.126. The minimum atomic E-state index is -3.69. The quantitative estimate of drug-likeness (QED) is 0.567. The lowest BCUT2D eigenvalue weighted by Crippen LogP contribution is -2.42. The second-order valence-corrected chi connectivity index (χ2v) is 10.8. The number of piperidine rings is 1. The minimum absolute atomic E-state index is 0.0608. The van der Waals surface area contributed by atoms with E-state index in [0.717, 1.165) is 28.8 Å². The Hall–Kier alpha value is -2.56. The van der Waals surface area contributed by atoms with E-state index in [9.17, 15) is 18.0 Å². The van der Waals surface area contributed by atoms with Crippen LogP contribution in [0.4, 0.5) is 0 Å². The number of aromatic nitrogens is 2. The Bertz CT molecular complexity index is 1260. The number of nitrogens with zero attached hydrogens (tertiary/aromatic N) is 3. The molecule has 1 aliphatic heterocycles. The summed E-state index contributed by atoms with van der Waals surface area (Å²) in [5, 5.41) is 2.91. The van der Waals surface area contributed by atoms with Gasteiger partial charge < -0.3 is 5.32 Å². The average molecular weight is 475 g/mol. The summed E-state index contributed by atoms with van der Waals surface area (Å²) < 4.78 is 30.1. The molecule has 0 aliphatic carbocycles. The Balaban J connectivity index is 1.41. The van der Waals surface area contributed by atoms with Crippen LogP contribution >= 0.6 is 11.3 Å². The first-order chi connectivity index (χ1) is 15.4. The Morgan fingerprint density at radius 1 is 1.25 bits per heavy atom. The summed E-state index contributed by atoms with van der Waals surface area (Å²) in [6.45, 7) is 3.60. The van der Waals surface area contributed by atoms with Crippen molar-refractivity contribution in [1.29, 1.82) is 0 Å². The normalized spacial score (nSPS) is 15.8. The van der Waals surface area contributed by atoms with Crippen molar-refractivity contribution in [3.8, 4) is 0 Å². The number of pyridine rings is 1. The standard InChI is InChI=1S/C22H26N4O4S2/c1-2-10-26-19-6-5-18(13-20(19)31-22(26)28)32(29,30)25-11-7-17(8-12-25)21(27)24-15-16-4-3-9-23-14-16/h3-6,9,13-14,17H,2,7-8,10-12,15H2,1H3,(H,24,27). The van der Waals surface area contributed by atoms with Crippen LogP contribution in [0.3, 0.4) is 0 Å². The molecule has 1 N–H and O–H groups in total. The van der Waals surface area contributed by atoms with Gasteiger partial charge in [0.25, 0.3) is 0 Å². The molecule has 0 bridgehead atoms. The number of thiazole rings is 1. The molecule has 1 saturated heterocycles. The molecule has 32 heavy (non-hydrogen) atoms. The van der Waals surface area contributed by atoms with Crippen molar-refractivity contribution in [2.45, 2.75) is 44.2 Å². The first kappa shape index (κ1) is 22.6. The van der Waals surface area contributed by atoms with Crippen molar-refractivity contribution in [2.75, 3.05) is 13.1 Å². The van der Waals surface area contributed by atoms with Crippen molar-refractivity contribution in [2.24, 2.45) is 5.92 Å². The first-order valence-corrected chi connectivity index (χ1v) is 13.0. The summed E-state index contributed by atoms with van der Waals surface area (Å²) in [6, 6.07) is 8.60. The van der Waals surface area contributed by atoms with Gasteiger partial charge in [0.2, 0.25) is 15.9 Å². The van der Waals surface area contributed by atoms with Crippen molar-refractivity contribution in [3.63, 3.8) is 0 Å². The summed E-state index contributed by atoms with van der Waals surface area (Å²) >= 11 is 1.07. The van der Waals surface area contributed by atoms with E-state index in [0.29, 0.717) is 43.7 Å². The molecule has 3 heterocycles. The molecule has 3 aromatic rings. The average Bonchev–Trinajstić information content (AvgIpc) is 3.13. The maximum Gasteiger partial charge on any atom is 0.308 e. The van der Waals surface area contributed by atoms with Crippen LogP contribution in [-0.4, -0.2) is 41.3 Å². The number of fused-ring (bicyclic) bond motifs is 1. The van der Waals surface area contributed by atoms with Gasteiger partial charge in [-0.1, -0.05) is 24.3 Å². The Kier molecular flexibility index (Phi) is 6.73. The van der Waals surface area contributed by atoms with E-state index in [1.807, 2.05) is 19.1 Å². The second kappa shape index (κ2) is 9.51. The van der Waals surface area contributed by atoms with Gasteiger partial charge in [-0.3, -0.25) is 19.1 Å². The zero-order valence-corrected chi connectivity index (χ0v) is 19.5. The highest BCUT2D eigenvalue weighted by molar-refractivity contribution is 7.89. The maximum atomic E-state index is 13.2. The molecule has 4 rings (SSSR count). The first-order valence-electron chi connectivity index (χ1n) is 10.7. The third-order valence-electron chi connectivity index (χ3n) is 5.74. The van der Waals surface area contributed by atoms with Gasteiger partial charge in [0, 0.05) is 44.5 Å². The molecule has 10 heteroatoms. The van der Waals surface area contributed by atoms with Crippen LogP contribution in [0, 0.1) is 5.92 Å². The molecule has 1 amide bonds. The minimum Gasteiger partial charge on any atom is -0.352 e. The van der Waals surface area contributed by atoms with Crippen LogP contribution in [0.25, 0.3) is 10.2 Å². The lowest BCUT2D eigenvalue weighted by Gasteiger charge is -2.30. The van der Waals surface area contributed by atoms with Gasteiger partial charge in [-0.2, -0.15) is 4.31 Å². The van der Waals surface area contributed by atoms with Crippen LogP contribution in [0.15, 0.2) is 52.4 Å². The van der Waals surface area contributed by atoms with Gasteiger partial charge in [0.15, 0.2) is 0 Å². The largest absolute Gasteiger partial charge is 0.352 e. The number of carbonyl (C=O) groups excluding carboxylic acids is 1. The Labute approximate surface area is 190 Å². The summed E-state index contributed by atoms with van der Waals surface area (Å²) in [5.74, 6) is -0.275. The molecule has 0 radical (unpaired) electrons. The van der Waals surface area contributed by atoms with Crippen molar-refractivity contribution < 1.29 is 13.2 Å². The Morgan fingerprint density at radius 3 is 2.72 bits per heavy atom. The molecule has 170 valence electrons. The van der Waals surface area contributed by atoms with Crippen molar-refractivity contribution in [1.82, 2.24) is 19.2 Å². The van der Waals surface area contributed by atoms with E-state index in [1.54, 1.807) is 35.2 Å². The van der Waals surface area contributed by atoms with E-state index in [1.165, 1.54) is 4.31 Å². The number of hydrogen-bond donors (Lipinski definition) is 1. The fourth-order valence-corrected chi connectivity index (χ4v) is 6.51. The molecular formula is C22H26N4O4S2. The molecule has 0 atom stereocenters. The summed E-state index contributed by atoms with van der Waals surface area (Å²) in [7, 11) is -3.69. The predicted octanol–water partition coefficient (Wildman–Crippen LogP) is 2.59. The highest BCUT2D eigenvalue weighted by Gasteiger charge is 2.32. The maximum absolute atomic E-state index is 13.2. The van der Waals surface area contributed by atoms with E-state index >= 15 is 0 Å². The van der Waals surface area contributed by atoms with Crippen molar-refractivity contribution >= 4 is 37.5 Å². The number of hydrogen-bond acceptors (Lipinski definition) is 6. The summed E-state index contributed by atoms with van der Waals surface area (Å²) in [6.07, 6.45) is 5.16. The third-order valence-corrected chi connectivity index (χ3v) is 8.58. The smallest absolute Gasteiger partial charge is 0.308 e. The van der Waals surface area contributed by atoms with E-state index in [-0.39, 0.29) is 21.6 Å². The molecule has 1 aliphatic rings. The number of nitrogens with one attached hydrogen (secondary N) is 1. The molecule has 0 spiro atoms. The highest BCUT2D eigenvalue weighted by Crippen LogP contribution is 2.27. The van der Waals surface area contributed by atoms with Gasteiger partial charge in [0.05, 0.1) is 15.1 Å². The van der Waals surface area contributed by atoms with Gasteiger partial charge in [-0.05, 0) is 49.1 Å². The fourth-order valence-electron chi connectivity index (χ4n) is 3.99. The van der Waals surface area contributed by atoms with E-state index < -0.39 is 10.0 Å². The zero-order chi connectivity index (χ0) is 22.7. The molecule has 8 nitrogen and oxygen atoms in total. The number of carbonyl (C=O) groups is 1. The van der Waals surface area contributed by atoms with Gasteiger partial charge in [-0.25, -0.2) is 8.42 Å². The number of sulfonamides is 1. The molecule has 0 unspecified atom stereocenters. The molecule has 1 fully saturated rings. The van der Waals surface area contributed by atoms with Gasteiger partial charge in [0.1, 0.15) is 0 Å². The summed E-state index contributed by atoms with van der Waals surface area (Å²) in [5.41, 5.74) is 1.69. The van der Waals surface area contributed by atoms with Crippen LogP contribution in [0.2, 0.25) is 0 Å². The zero-order valence-electron chi connectivity index (χ0n) is 17.9. The monoisotopic (exact) mass is 474 g/mol. The SMILES string of the molecule is CCCn1c(=O)sc2cc(S(=O)(=O)N3CCC(C(=O)NCc4cccnc4)CC3)ccc21. The Morgan fingerprint density at radius 2 is 2.03 bits per heavy atom. The number of amides is 1. The lowest BCUT2D eigenvalue weighted by atomic mass is 9.97. The van der Waals surface area contributed by atoms with Crippen LogP contribution in [-0.2, 0) is 27.9 Å². The molecule has 0 saturated carbocycles. The highest BCUT2D eigenvalue weighted by atomic mass is 32.2. The topological polar surface area (TPSA) is 101 Å². The molecule has 1 aromatic carbocycles. The van der Waals surface area contributed by atoms with Crippen molar-refractivity contribution in [3.05, 3.63) is 58.0 Å². The van der Waals surface area contributed by atoms with Crippen LogP contribution in [0.5, 0.6) is 0 Å². The number of aryl methyl sites for hydroxylation is 1. The van der Waals surface area contributed by atoms with E-state index in [2.05, 4.69) is 10.3 Å². The van der Waals surface area contributed by atoms with Crippen LogP contribution < -0.4 is 10.2 Å². The second-order valence-electron chi connectivity index (χ2n) is 7.91. The number of benzene rings is 1. The number of rotatable bonds is 7. The van der Waals surface area contributed by atoms with E-state index in [4.69, 9.17) is 0 Å². The van der Waals surface area contributed by atoms with Gasteiger partial charge >= 0.3 is 4.87 Å². The summed E-state index contributed by atoms with van der Waals surface area (Å²) in [4.78, 5) is 28.9. The molecular weight excluding hydrogens is 448 g/mol. The third kappa shape index (κ3) is 4.62. The van der Waals surface area contributed by atoms with Crippen LogP contribution in [0.1, 0.15) is 31.7 Å².